The zero-order valence-corrected chi connectivity index (χ0v) is 8.80. The summed E-state index contributed by atoms with van der Waals surface area (Å²) in [5.74, 6) is 0. The minimum atomic E-state index is -1.32. The van der Waals surface area contributed by atoms with Crippen LogP contribution in [0.15, 0.2) is 0 Å². The highest BCUT2D eigenvalue weighted by molar-refractivity contribution is 5.00. The molecule has 1 rings (SSSR count). The molecule has 84 valence electrons. The van der Waals surface area contributed by atoms with Crippen LogP contribution in [0.2, 0.25) is 0 Å². The third kappa shape index (κ3) is 1.78. The number of methoxy groups -OCH3 is 1. The highest BCUT2D eigenvalue weighted by Crippen LogP contribution is 2.30. The van der Waals surface area contributed by atoms with Gasteiger partial charge in [0.25, 0.3) is 0 Å². The Bertz CT molecular complexity index is 193. The van der Waals surface area contributed by atoms with E-state index in [0.717, 1.165) is 0 Å². The molecule has 0 aromatic carbocycles. The molecule has 0 aromatic rings. The van der Waals surface area contributed by atoms with Gasteiger partial charge < -0.3 is 25.4 Å². The molecule has 1 heterocycles. The van der Waals surface area contributed by atoms with Gasteiger partial charge in [-0.1, -0.05) is 6.92 Å². The molecule has 1 saturated heterocycles. The lowest BCUT2D eigenvalue weighted by Crippen LogP contribution is -2.67. The Labute approximate surface area is 83.8 Å². The Morgan fingerprint density at radius 2 is 2.14 bits per heavy atom. The summed E-state index contributed by atoms with van der Waals surface area (Å²) >= 11 is 0. The van der Waals surface area contributed by atoms with Crippen LogP contribution >= 0.6 is 0 Å². The van der Waals surface area contributed by atoms with E-state index in [2.05, 4.69) is 0 Å². The molecule has 14 heavy (non-hydrogen) atoms. The fourth-order valence-electron chi connectivity index (χ4n) is 1.84. The number of nitrogens with two attached hydrogens (primary N) is 1. The smallest absolute Gasteiger partial charge is 0.175 e. The van der Waals surface area contributed by atoms with Crippen molar-refractivity contribution in [3.8, 4) is 0 Å². The average molecular weight is 205 g/mol. The molecule has 5 atom stereocenters. The number of hydrogen-bond acceptors (Lipinski definition) is 5. The third-order valence-electron chi connectivity index (χ3n) is 2.83. The second-order valence-corrected chi connectivity index (χ2v) is 3.89. The van der Waals surface area contributed by atoms with Crippen LogP contribution in [0.3, 0.4) is 0 Å². The topological polar surface area (TPSA) is 84.9 Å². The van der Waals surface area contributed by atoms with Gasteiger partial charge in [0.1, 0.15) is 11.7 Å². The second kappa shape index (κ2) is 4.12. The molecule has 0 saturated carbocycles. The summed E-state index contributed by atoms with van der Waals surface area (Å²) in [5.41, 5.74) is 4.35. The predicted molar refractivity (Wildman–Crippen MR) is 50.6 cm³/mol. The summed E-state index contributed by atoms with van der Waals surface area (Å²) in [6.07, 6.45) is -1.56. The maximum atomic E-state index is 9.98. The monoisotopic (exact) mass is 205 g/mol. The first-order valence-electron chi connectivity index (χ1n) is 4.79. The summed E-state index contributed by atoms with van der Waals surface area (Å²) in [7, 11) is 1.46. The average Bonchev–Trinajstić information content (AvgIpc) is 2.15. The van der Waals surface area contributed by atoms with E-state index in [9.17, 15) is 10.2 Å². The molecule has 0 aliphatic carbocycles. The van der Waals surface area contributed by atoms with Gasteiger partial charge in [-0.05, 0) is 13.3 Å². The summed E-state index contributed by atoms with van der Waals surface area (Å²) < 4.78 is 10.4. The molecule has 0 bridgehead atoms. The fraction of sp³-hybridized carbons (Fsp3) is 1.00. The minimum Gasteiger partial charge on any atom is -0.388 e. The van der Waals surface area contributed by atoms with Gasteiger partial charge in [0, 0.05) is 7.11 Å². The van der Waals surface area contributed by atoms with Gasteiger partial charge in [-0.15, -0.1) is 0 Å². The van der Waals surface area contributed by atoms with E-state index in [1.165, 1.54) is 14.0 Å². The SMILES string of the molecule is CCC1OC(OC)C(N)C(O)[C@@]1(C)O. The van der Waals surface area contributed by atoms with Gasteiger partial charge in [-0.3, -0.25) is 0 Å². The van der Waals surface area contributed by atoms with Crippen molar-refractivity contribution in [2.24, 2.45) is 5.73 Å². The standard InChI is InChI=1S/C9H19NO4/c1-4-5-9(2,12)7(11)6(10)8(13-3)14-5/h5-8,11-12H,4,10H2,1-3H3/t5?,6?,7?,8?,9-/m0/s1. The van der Waals surface area contributed by atoms with E-state index in [0.29, 0.717) is 6.42 Å². The molecule has 0 aromatic heterocycles. The molecule has 5 nitrogen and oxygen atoms in total. The van der Waals surface area contributed by atoms with Gasteiger partial charge in [0.2, 0.25) is 0 Å². The predicted octanol–water partition coefficient (Wildman–Crippen LogP) is -0.793. The van der Waals surface area contributed by atoms with Crippen molar-refractivity contribution in [2.45, 2.75) is 50.4 Å². The summed E-state index contributed by atoms with van der Waals surface area (Å²) in [5, 5.41) is 19.7. The molecule has 5 heteroatoms. The van der Waals surface area contributed by atoms with E-state index in [1.807, 2.05) is 6.92 Å². The van der Waals surface area contributed by atoms with E-state index in [4.69, 9.17) is 15.2 Å². The Hall–Kier alpha value is -0.200. The number of rotatable bonds is 2. The lowest BCUT2D eigenvalue weighted by molar-refractivity contribution is -0.284. The maximum Gasteiger partial charge on any atom is 0.175 e. The van der Waals surface area contributed by atoms with Crippen LogP contribution in [0, 0.1) is 0 Å². The second-order valence-electron chi connectivity index (χ2n) is 3.89. The Morgan fingerprint density at radius 3 is 2.57 bits per heavy atom. The van der Waals surface area contributed by atoms with Crippen LogP contribution in [0.25, 0.3) is 0 Å². The first-order chi connectivity index (χ1) is 6.45. The Balaban J connectivity index is 2.83. The number of ether oxygens (including phenoxy) is 2. The first-order valence-corrected chi connectivity index (χ1v) is 4.79. The van der Waals surface area contributed by atoms with Crippen molar-refractivity contribution in [1.82, 2.24) is 0 Å². The van der Waals surface area contributed by atoms with Crippen molar-refractivity contribution >= 4 is 0 Å². The van der Waals surface area contributed by atoms with E-state index in [1.54, 1.807) is 0 Å². The lowest BCUT2D eigenvalue weighted by atomic mass is 9.84. The minimum absolute atomic E-state index is 0.456. The van der Waals surface area contributed by atoms with Crippen LogP contribution in [0.5, 0.6) is 0 Å². The first kappa shape index (κ1) is 11.9. The molecule has 0 amide bonds. The number of aliphatic hydroxyl groups is 2. The quantitative estimate of drug-likeness (QED) is 0.550. The highest BCUT2D eigenvalue weighted by Gasteiger charge is 2.50. The van der Waals surface area contributed by atoms with Crippen molar-refractivity contribution < 1.29 is 19.7 Å². The highest BCUT2D eigenvalue weighted by atomic mass is 16.7. The van der Waals surface area contributed by atoms with Crippen molar-refractivity contribution in [3.63, 3.8) is 0 Å². The van der Waals surface area contributed by atoms with Crippen LogP contribution in [-0.2, 0) is 9.47 Å². The van der Waals surface area contributed by atoms with Gasteiger partial charge in [0.05, 0.1) is 12.1 Å². The number of aliphatic hydroxyl groups excluding tert-OH is 1. The summed E-state index contributed by atoms with van der Waals surface area (Å²) in [6, 6.07) is -0.724. The van der Waals surface area contributed by atoms with Crippen LogP contribution < -0.4 is 5.73 Å². The zero-order valence-electron chi connectivity index (χ0n) is 8.80. The number of hydrogen-bond donors (Lipinski definition) is 3. The molecule has 1 fully saturated rings. The Kier molecular flexibility index (Phi) is 3.49. The molecular weight excluding hydrogens is 186 g/mol. The van der Waals surface area contributed by atoms with Crippen molar-refractivity contribution in [1.29, 1.82) is 0 Å². The van der Waals surface area contributed by atoms with E-state index in [-0.39, 0.29) is 0 Å². The molecular formula is C9H19NO4. The van der Waals surface area contributed by atoms with Gasteiger partial charge >= 0.3 is 0 Å². The third-order valence-corrected chi connectivity index (χ3v) is 2.83. The van der Waals surface area contributed by atoms with E-state index < -0.39 is 30.1 Å². The van der Waals surface area contributed by atoms with Crippen LogP contribution in [0.4, 0.5) is 0 Å². The summed E-state index contributed by atoms with van der Waals surface area (Å²) in [4.78, 5) is 0. The zero-order chi connectivity index (χ0) is 10.9. The normalized spacial score (nSPS) is 49.3. The van der Waals surface area contributed by atoms with E-state index >= 15 is 0 Å². The molecule has 0 spiro atoms. The summed E-state index contributed by atoms with van der Waals surface area (Å²) in [6.45, 7) is 3.40. The molecule has 1 aliphatic rings. The van der Waals surface area contributed by atoms with Crippen molar-refractivity contribution in [3.05, 3.63) is 0 Å². The molecule has 4 unspecified atom stereocenters. The van der Waals surface area contributed by atoms with Gasteiger partial charge in [-0.2, -0.15) is 0 Å². The maximum absolute atomic E-state index is 9.98. The lowest BCUT2D eigenvalue weighted by Gasteiger charge is -2.46. The van der Waals surface area contributed by atoms with Crippen LogP contribution in [-0.4, -0.2) is 47.5 Å². The van der Waals surface area contributed by atoms with Crippen LogP contribution in [0.1, 0.15) is 20.3 Å². The molecule has 1 aliphatic heterocycles. The van der Waals surface area contributed by atoms with Crippen molar-refractivity contribution in [2.75, 3.05) is 7.11 Å². The van der Waals surface area contributed by atoms with Gasteiger partial charge in [-0.25, -0.2) is 0 Å². The Morgan fingerprint density at radius 1 is 1.57 bits per heavy atom. The van der Waals surface area contributed by atoms with Gasteiger partial charge in [0.15, 0.2) is 6.29 Å². The molecule has 0 radical (unpaired) electrons. The largest absolute Gasteiger partial charge is 0.388 e. The fourth-order valence-corrected chi connectivity index (χ4v) is 1.84. The molecule has 4 N–H and O–H groups in total.